The molecule has 1 saturated heterocycles. The number of esters is 1. The standard InChI is InChI=1S/C19H27NO6/c1-19(2,3)26-18(22)20-11-16(23-4)10-14(20)12-25-15-8-6-13(7-9-15)17(21)24-5/h6-9,14,16H,10-12H2,1-5H3/t14-,16-/m0/s1. The average Bonchev–Trinajstić information content (AvgIpc) is 3.02. The minimum Gasteiger partial charge on any atom is -0.491 e. The van der Waals surface area contributed by atoms with E-state index in [-0.39, 0.29) is 18.2 Å². The molecule has 1 aromatic rings. The molecule has 0 saturated carbocycles. The zero-order valence-electron chi connectivity index (χ0n) is 16.0. The van der Waals surface area contributed by atoms with Crippen LogP contribution in [0.1, 0.15) is 37.6 Å². The Kier molecular flexibility index (Phi) is 6.47. The molecule has 1 aliphatic rings. The second kappa shape index (κ2) is 8.40. The van der Waals surface area contributed by atoms with E-state index in [4.69, 9.17) is 14.2 Å². The zero-order chi connectivity index (χ0) is 19.3. The van der Waals surface area contributed by atoms with Gasteiger partial charge in [-0.25, -0.2) is 9.59 Å². The largest absolute Gasteiger partial charge is 0.491 e. The number of amides is 1. The summed E-state index contributed by atoms with van der Waals surface area (Å²) < 4.78 is 21.4. The summed E-state index contributed by atoms with van der Waals surface area (Å²) in [5.41, 5.74) is -0.104. The minimum atomic E-state index is -0.558. The van der Waals surface area contributed by atoms with Gasteiger partial charge in [-0.2, -0.15) is 0 Å². The first kappa shape index (κ1) is 20.0. The van der Waals surface area contributed by atoms with Crippen molar-refractivity contribution in [1.29, 1.82) is 0 Å². The summed E-state index contributed by atoms with van der Waals surface area (Å²) in [6.45, 7) is 6.30. The number of carbonyl (C=O) groups is 2. The maximum Gasteiger partial charge on any atom is 0.410 e. The van der Waals surface area contributed by atoms with Crippen molar-refractivity contribution in [2.45, 2.75) is 44.9 Å². The van der Waals surface area contributed by atoms with E-state index in [0.717, 1.165) is 0 Å². The van der Waals surface area contributed by atoms with Crippen molar-refractivity contribution < 1.29 is 28.5 Å². The van der Waals surface area contributed by atoms with Crippen LogP contribution < -0.4 is 4.74 Å². The topological polar surface area (TPSA) is 74.3 Å². The molecule has 7 heteroatoms. The van der Waals surface area contributed by atoms with E-state index in [1.807, 2.05) is 20.8 Å². The van der Waals surface area contributed by atoms with Gasteiger partial charge < -0.3 is 18.9 Å². The lowest BCUT2D eigenvalue weighted by atomic mass is 10.2. The number of ether oxygens (including phenoxy) is 4. The molecule has 1 aliphatic heterocycles. The highest BCUT2D eigenvalue weighted by molar-refractivity contribution is 5.89. The Balaban J connectivity index is 1.99. The first-order valence-electron chi connectivity index (χ1n) is 8.57. The Morgan fingerprint density at radius 2 is 1.81 bits per heavy atom. The van der Waals surface area contributed by atoms with Gasteiger partial charge in [-0.3, -0.25) is 4.90 Å². The van der Waals surface area contributed by atoms with Gasteiger partial charge in [-0.05, 0) is 51.5 Å². The third-order valence-electron chi connectivity index (χ3n) is 4.06. The van der Waals surface area contributed by atoms with Crippen molar-refractivity contribution in [1.82, 2.24) is 4.90 Å². The van der Waals surface area contributed by atoms with E-state index >= 15 is 0 Å². The fraction of sp³-hybridized carbons (Fsp3) is 0.579. The number of hydrogen-bond acceptors (Lipinski definition) is 6. The fourth-order valence-electron chi connectivity index (χ4n) is 2.74. The monoisotopic (exact) mass is 365 g/mol. The van der Waals surface area contributed by atoms with Gasteiger partial charge in [0, 0.05) is 7.11 Å². The summed E-state index contributed by atoms with van der Waals surface area (Å²) in [7, 11) is 2.97. The lowest BCUT2D eigenvalue weighted by molar-refractivity contribution is 0.0163. The average molecular weight is 365 g/mol. The summed E-state index contributed by atoms with van der Waals surface area (Å²) in [4.78, 5) is 25.6. The van der Waals surface area contributed by atoms with Gasteiger partial charge in [-0.15, -0.1) is 0 Å². The van der Waals surface area contributed by atoms with Gasteiger partial charge in [-0.1, -0.05) is 0 Å². The van der Waals surface area contributed by atoms with E-state index in [1.54, 1.807) is 36.3 Å². The van der Waals surface area contributed by atoms with Crippen LogP contribution in [0.5, 0.6) is 5.75 Å². The smallest absolute Gasteiger partial charge is 0.410 e. The zero-order valence-corrected chi connectivity index (χ0v) is 16.0. The molecule has 0 unspecified atom stereocenters. The second-order valence-corrected chi connectivity index (χ2v) is 7.21. The highest BCUT2D eigenvalue weighted by Gasteiger charge is 2.38. The van der Waals surface area contributed by atoms with Crippen LogP contribution in [0.25, 0.3) is 0 Å². The number of rotatable bonds is 5. The van der Waals surface area contributed by atoms with Crippen molar-refractivity contribution in [3.05, 3.63) is 29.8 Å². The molecule has 2 rings (SSSR count). The molecule has 2 atom stereocenters. The molecule has 1 amide bonds. The van der Waals surface area contributed by atoms with Crippen LogP contribution in [0.15, 0.2) is 24.3 Å². The van der Waals surface area contributed by atoms with E-state index in [1.165, 1.54) is 7.11 Å². The highest BCUT2D eigenvalue weighted by atomic mass is 16.6. The maximum absolute atomic E-state index is 12.4. The quantitative estimate of drug-likeness (QED) is 0.747. The first-order chi connectivity index (χ1) is 12.2. The second-order valence-electron chi connectivity index (χ2n) is 7.21. The summed E-state index contributed by atoms with van der Waals surface area (Å²) in [6, 6.07) is 6.54. The van der Waals surface area contributed by atoms with Gasteiger partial charge in [0.15, 0.2) is 0 Å². The normalized spacial score (nSPS) is 20.0. The predicted molar refractivity (Wildman–Crippen MR) is 95.4 cm³/mol. The van der Waals surface area contributed by atoms with Crippen LogP contribution in [0.4, 0.5) is 4.79 Å². The summed E-state index contributed by atoms with van der Waals surface area (Å²) in [5, 5.41) is 0. The molecule has 1 fully saturated rings. The van der Waals surface area contributed by atoms with Crippen molar-refractivity contribution in [2.24, 2.45) is 0 Å². The lowest BCUT2D eigenvalue weighted by Crippen LogP contribution is -2.42. The highest BCUT2D eigenvalue weighted by Crippen LogP contribution is 2.24. The van der Waals surface area contributed by atoms with Gasteiger partial charge in [0.05, 0.1) is 31.4 Å². The van der Waals surface area contributed by atoms with Crippen molar-refractivity contribution in [3.8, 4) is 5.75 Å². The van der Waals surface area contributed by atoms with Crippen LogP contribution in [-0.4, -0.2) is 62.1 Å². The van der Waals surface area contributed by atoms with Crippen molar-refractivity contribution >= 4 is 12.1 Å². The molecule has 7 nitrogen and oxygen atoms in total. The van der Waals surface area contributed by atoms with E-state index in [0.29, 0.717) is 30.9 Å². The van der Waals surface area contributed by atoms with Crippen LogP contribution in [-0.2, 0) is 14.2 Å². The van der Waals surface area contributed by atoms with Gasteiger partial charge >= 0.3 is 12.1 Å². The van der Waals surface area contributed by atoms with Gasteiger partial charge in [0.2, 0.25) is 0 Å². The number of methoxy groups -OCH3 is 2. The molecule has 0 aromatic heterocycles. The predicted octanol–water partition coefficient (Wildman–Crippen LogP) is 2.88. The first-order valence-corrected chi connectivity index (χ1v) is 8.57. The molecule has 0 spiro atoms. The minimum absolute atomic E-state index is 0.0437. The maximum atomic E-state index is 12.4. The van der Waals surface area contributed by atoms with Crippen LogP contribution in [0, 0.1) is 0 Å². The van der Waals surface area contributed by atoms with E-state index < -0.39 is 11.6 Å². The van der Waals surface area contributed by atoms with Crippen LogP contribution in [0.2, 0.25) is 0 Å². The molecule has 0 N–H and O–H groups in total. The molecule has 1 aromatic carbocycles. The summed E-state index contributed by atoms with van der Waals surface area (Å²) in [6.07, 6.45) is 0.264. The SMILES string of the molecule is COC(=O)c1ccc(OC[C@@H]2C[C@H](OC)CN2C(=O)OC(C)(C)C)cc1. The molecule has 1 heterocycles. The number of carbonyl (C=O) groups excluding carboxylic acids is 2. The Bertz CT molecular complexity index is 622. The molecule has 144 valence electrons. The van der Waals surface area contributed by atoms with Gasteiger partial charge in [0.1, 0.15) is 18.0 Å². The van der Waals surface area contributed by atoms with E-state index in [9.17, 15) is 9.59 Å². The van der Waals surface area contributed by atoms with Crippen molar-refractivity contribution in [2.75, 3.05) is 27.4 Å². The van der Waals surface area contributed by atoms with E-state index in [2.05, 4.69) is 4.74 Å². The molecule has 0 bridgehead atoms. The number of nitrogens with zero attached hydrogens (tertiary/aromatic N) is 1. The Labute approximate surface area is 154 Å². The fourth-order valence-corrected chi connectivity index (χ4v) is 2.74. The molecule has 26 heavy (non-hydrogen) atoms. The molecule has 0 radical (unpaired) electrons. The summed E-state index contributed by atoms with van der Waals surface area (Å²) in [5.74, 6) is 0.217. The van der Waals surface area contributed by atoms with Crippen LogP contribution >= 0.6 is 0 Å². The third kappa shape index (κ3) is 5.36. The number of hydrogen-bond donors (Lipinski definition) is 0. The summed E-state index contributed by atoms with van der Waals surface area (Å²) >= 11 is 0. The molecular weight excluding hydrogens is 338 g/mol. The third-order valence-corrected chi connectivity index (χ3v) is 4.06. The number of likely N-dealkylation sites (tertiary alicyclic amines) is 1. The van der Waals surface area contributed by atoms with Crippen LogP contribution in [0.3, 0.4) is 0 Å². The van der Waals surface area contributed by atoms with Gasteiger partial charge in [0.25, 0.3) is 0 Å². The molecular formula is C19H27NO6. The number of benzene rings is 1. The lowest BCUT2D eigenvalue weighted by Gasteiger charge is -2.28. The Morgan fingerprint density at radius 1 is 1.15 bits per heavy atom. The Morgan fingerprint density at radius 3 is 2.35 bits per heavy atom. The Hall–Kier alpha value is -2.28. The van der Waals surface area contributed by atoms with Crippen molar-refractivity contribution in [3.63, 3.8) is 0 Å². The molecule has 0 aliphatic carbocycles.